The van der Waals surface area contributed by atoms with E-state index < -0.39 is 0 Å². The standard InChI is InChI=1S/C23H22Cl2N4O/c1-15-5-2-3-7-18(15)20-10-11-22(28-27-20)29-12-4-6-16(14-29)23(30)26-21-9-8-17(24)13-19(21)25/h2-3,5,7-11,13,16H,4,6,12,14H2,1H3,(H,26,30). The molecule has 30 heavy (non-hydrogen) atoms. The van der Waals surface area contributed by atoms with Crippen LogP contribution >= 0.6 is 23.2 Å². The molecule has 4 rings (SSSR count). The number of hydrogen-bond donors (Lipinski definition) is 1. The molecule has 0 aliphatic carbocycles. The highest BCUT2D eigenvalue weighted by Crippen LogP contribution is 2.28. The topological polar surface area (TPSA) is 58.1 Å². The van der Waals surface area contributed by atoms with Crippen molar-refractivity contribution in [3.63, 3.8) is 0 Å². The Morgan fingerprint density at radius 1 is 1.10 bits per heavy atom. The van der Waals surface area contributed by atoms with Gasteiger partial charge in [-0.3, -0.25) is 4.79 Å². The molecule has 2 aromatic carbocycles. The molecule has 2 heterocycles. The molecule has 1 fully saturated rings. The van der Waals surface area contributed by atoms with Crippen molar-refractivity contribution in [3.8, 4) is 11.3 Å². The van der Waals surface area contributed by atoms with Crippen LogP contribution in [0, 0.1) is 12.8 Å². The van der Waals surface area contributed by atoms with Gasteiger partial charge in [0.2, 0.25) is 5.91 Å². The van der Waals surface area contributed by atoms with Crippen LogP contribution in [0.3, 0.4) is 0 Å². The number of amides is 1. The predicted octanol–water partition coefficient (Wildman–Crippen LogP) is 5.61. The quantitative estimate of drug-likeness (QED) is 0.572. The van der Waals surface area contributed by atoms with Gasteiger partial charge in [0.25, 0.3) is 0 Å². The van der Waals surface area contributed by atoms with E-state index in [1.165, 1.54) is 0 Å². The molecule has 0 saturated carbocycles. The van der Waals surface area contributed by atoms with Crippen LogP contribution < -0.4 is 10.2 Å². The van der Waals surface area contributed by atoms with E-state index in [0.717, 1.165) is 42.0 Å². The van der Waals surface area contributed by atoms with Gasteiger partial charge in [-0.1, -0.05) is 47.5 Å². The van der Waals surface area contributed by atoms with Crippen molar-refractivity contribution in [1.82, 2.24) is 10.2 Å². The minimum Gasteiger partial charge on any atom is -0.354 e. The molecule has 154 valence electrons. The Kier molecular flexibility index (Phi) is 6.21. The highest BCUT2D eigenvalue weighted by atomic mass is 35.5. The minimum atomic E-state index is -0.150. The van der Waals surface area contributed by atoms with Gasteiger partial charge in [0, 0.05) is 23.7 Å². The summed E-state index contributed by atoms with van der Waals surface area (Å²) in [6.45, 7) is 3.50. The van der Waals surface area contributed by atoms with Crippen LogP contribution in [-0.4, -0.2) is 29.2 Å². The van der Waals surface area contributed by atoms with E-state index in [1.807, 2.05) is 30.3 Å². The first-order valence-corrected chi connectivity index (χ1v) is 10.7. The summed E-state index contributed by atoms with van der Waals surface area (Å²) in [7, 11) is 0. The maximum absolute atomic E-state index is 12.8. The summed E-state index contributed by atoms with van der Waals surface area (Å²) < 4.78 is 0. The van der Waals surface area contributed by atoms with Crippen molar-refractivity contribution in [2.75, 3.05) is 23.3 Å². The van der Waals surface area contributed by atoms with Crippen molar-refractivity contribution in [2.45, 2.75) is 19.8 Å². The Morgan fingerprint density at radius 3 is 2.67 bits per heavy atom. The summed E-state index contributed by atoms with van der Waals surface area (Å²) >= 11 is 12.1. The molecule has 1 aliphatic rings. The number of aromatic nitrogens is 2. The van der Waals surface area contributed by atoms with Crippen LogP contribution in [0.4, 0.5) is 11.5 Å². The molecule has 1 aromatic heterocycles. The Balaban J connectivity index is 1.44. The molecule has 0 bridgehead atoms. The zero-order chi connectivity index (χ0) is 21.1. The maximum atomic E-state index is 12.8. The third kappa shape index (κ3) is 4.58. The van der Waals surface area contributed by atoms with E-state index >= 15 is 0 Å². The van der Waals surface area contributed by atoms with E-state index in [4.69, 9.17) is 23.2 Å². The molecular weight excluding hydrogens is 419 g/mol. The number of benzene rings is 2. The lowest BCUT2D eigenvalue weighted by Crippen LogP contribution is -2.41. The molecule has 5 nitrogen and oxygen atoms in total. The van der Waals surface area contributed by atoms with E-state index in [-0.39, 0.29) is 11.8 Å². The van der Waals surface area contributed by atoms with Crippen molar-refractivity contribution in [1.29, 1.82) is 0 Å². The first-order chi connectivity index (χ1) is 14.5. The molecule has 1 aliphatic heterocycles. The van der Waals surface area contributed by atoms with Gasteiger partial charge in [0.05, 0.1) is 22.3 Å². The number of hydrogen-bond acceptors (Lipinski definition) is 4. The van der Waals surface area contributed by atoms with Crippen LogP contribution in [0.5, 0.6) is 0 Å². The third-order valence-electron chi connectivity index (χ3n) is 5.38. The van der Waals surface area contributed by atoms with Gasteiger partial charge in [0.15, 0.2) is 5.82 Å². The van der Waals surface area contributed by atoms with Crippen molar-refractivity contribution < 1.29 is 4.79 Å². The molecule has 1 unspecified atom stereocenters. The average molecular weight is 441 g/mol. The number of nitrogens with zero attached hydrogens (tertiary/aromatic N) is 3. The van der Waals surface area contributed by atoms with Crippen LogP contribution in [0.15, 0.2) is 54.6 Å². The van der Waals surface area contributed by atoms with E-state index in [2.05, 4.69) is 33.4 Å². The second-order valence-electron chi connectivity index (χ2n) is 7.49. The van der Waals surface area contributed by atoms with Crippen LogP contribution in [0.1, 0.15) is 18.4 Å². The molecule has 1 N–H and O–H groups in total. The second-order valence-corrected chi connectivity index (χ2v) is 8.33. The third-order valence-corrected chi connectivity index (χ3v) is 5.92. The molecule has 1 saturated heterocycles. The molecule has 7 heteroatoms. The van der Waals surface area contributed by atoms with Gasteiger partial charge in [-0.2, -0.15) is 0 Å². The van der Waals surface area contributed by atoms with Gasteiger partial charge < -0.3 is 10.2 Å². The predicted molar refractivity (Wildman–Crippen MR) is 122 cm³/mol. The minimum absolute atomic E-state index is 0.0478. The Hall–Kier alpha value is -2.63. The van der Waals surface area contributed by atoms with Gasteiger partial charge in [-0.25, -0.2) is 0 Å². The summed E-state index contributed by atoms with van der Waals surface area (Å²) in [5.74, 6) is 0.589. The number of nitrogens with one attached hydrogen (secondary N) is 1. The largest absolute Gasteiger partial charge is 0.354 e. The van der Waals surface area contributed by atoms with Crippen LogP contribution in [0.25, 0.3) is 11.3 Å². The smallest absolute Gasteiger partial charge is 0.229 e. The van der Waals surface area contributed by atoms with Crippen LogP contribution in [-0.2, 0) is 4.79 Å². The highest BCUT2D eigenvalue weighted by Gasteiger charge is 2.27. The lowest BCUT2D eigenvalue weighted by molar-refractivity contribution is -0.120. The second kappa shape index (κ2) is 9.02. The summed E-state index contributed by atoms with van der Waals surface area (Å²) in [6.07, 6.45) is 1.73. The molecule has 0 spiro atoms. The van der Waals surface area contributed by atoms with Crippen LogP contribution in [0.2, 0.25) is 10.0 Å². The van der Waals surface area contributed by atoms with E-state index in [9.17, 15) is 4.79 Å². The number of rotatable bonds is 4. The molecule has 1 amide bonds. The summed E-state index contributed by atoms with van der Waals surface area (Å²) in [5.41, 5.74) is 3.66. The van der Waals surface area contributed by atoms with Crippen molar-refractivity contribution in [3.05, 3.63) is 70.2 Å². The zero-order valence-electron chi connectivity index (χ0n) is 16.6. The van der Waals surface area contributed by atoms with E-state index in [0.29, 0.717) is 22.3 Å². The number of halogens is 2. The molecular formula is C23H22Cl2N4O. The number of carbonyl (C=O) groups excluding carboxylic acids is 1. The van der Waals surface area contributed by atoms with Crippen molar-refractivity contribution >= 4 is 40.6 Å². The first kappa shape index (κ1) is 20.6. The monoisotopic (exact) mass is 440 g/mol. The highest BCUT2D eigenvalue weighted by molar-refractivity contribution is 6.36. The molecule has 0 radical (unpaired) electrons. The SMILES string of the molecule is Cc1ccccc1-c1ccc(N2CCCC(C(=O)Nc3ccc(Cl)cc3Cl)C2)nn1. The fourth-order valence-corrected chi connectivity index (χ4v) is 4.18. The van der Waals surface area contributed by atoms with Gasteiger partial charge >= 0.3 is 0 Å². The number of piperidine rings is 1. The molecule has 3 aromatic rings. The lowest BCUT2D eigenvalue weighted by Gasteiger charge is -2.32. The normalized spacial score (nSPS) is 16.4. The molecule has 1 atom stereocenters. The van der Waals surface area contributed by atoms with E-state index in [1.54, 1.807) is 18.2 Å². The fourth-order valence-electron chi connectivity index (χ4n) is 3.72. The van der Waals surface area contributed by atoms with Crippen molar-refractivity contribution in [2.24, 2.45) is 5.92 Å². The summed E-state index contributed by atoms with van der Waals surface area (Å²) in [4.78, 5) is 14.9. The lowest BCUT2D eigenvalue weighted by atomic mass is 9.97. The van der Waals surface area contributed by atoms with Gasteiger partial charge in [-0.05, 0) is 55.7 Å². The number of carbonyl (C=O) groups is 1. The first-order valence-electron chi connectivity index (χ1n) is 9.92. The van der Waals surface area contributed by atoms with Gasteiger partial charge in [0.1, 0.15) is 0 Å². The zero-order valence-corrected chi connectivity index (χ0v) is 18.1. The Bertz CT molecular complexity index is 1060. The average Bonchev–Trinajstić information content (AvgIpc) is 2.76. The number of anilines is 2. The van der Waals surface area contributed by atoms with Gasteiger partial charge in [-0.15, -0.1) is 10.2 Å². The number of aryl methyl sites for hydroxylation is 1. The summed E-state index contributed by atoms with van der Waals surface area (Å²) in [5, 5.41) is 12.7. The maximum Gasteiger partial charge on any atom is 0.229 e. The Morgan fingerprint density at radius 2 is 1.93 bits per heavy atom. The Labute approximate surface area is 186 Å². The summed E-state index contributed by atoms with van der Waals surface area (Å²) in [6, 6.07) is 17.1. The fraction of sp³-hybridized carbons (Fsp3) is 0.261.